The molecule has 17 heavy (non-hydrogen) atoms. The van der Waals surface area contributed by atoms with Gasteiger partial charge in [0, 0.05) is 0 Å². The molecule has 1 heterocycles. The van der Waals surface area contributed by atoms with Gasteiger partial charge in [-0.1, -0.05) is 12.8 Å². The summed E-state index contributed by atoms with van der Waals surface area (Å²) in [5.74, 6) is -1.53. The average Bonchev–Trinajstić information content (AvgIpc) is 2.64. The minimum absolute atomic E-state index is 0.0398. The van der Waals surface area contributed by atoms with Crippen LogP contribution in [-0.4, -0.2) is 41.7 Å². The second-order valence-electron chi connectivity index (χ2n) is 5.32. The van der Waals surface area contributed by atoms with Crippen molar-refractivity contribution in [1.82, 2.24) is 0 Å². The van der Waals surface area contributed by atoms with Crippen LogP contribution < -0.4 is 0 Å². The van der Waals surface area contributed by atoms with Crippen LogP contribution in [0.1, 0.15) is 38.5 Å². The van der Waals surface area contributed by atoms with Crippen LogP contribution in [0.3, 0.4) is 0 Å². The number of hydrogen-bond donors (Lipinski definition) is 2. The Hall–Kier alpha value is -0.620. The van der Waals surface area contributed by atoms with Crippen molar-refractivity contribution in [2.24, 2.45) is 5.41 Å². The molecule has 0 aromatic heterocycles. The van der Waals surface area contributed by atoms with Gasteiger partial charge in [-0.3, -0.25) is 4.79 Å². The van der Waals surface area contributed by atoms with Gasteiger partial charge < -0.3 is 10.2 Å². The summed E-state index contributed by atoms with van der Waals surface area (Å²) in [7, 11) is -3.35. The Kier molecular flexibility index (Phi) is 2.98. The fourth-order valence-corrected chi connectivity index (χ4v) is 5.30. The first-order chi connectivity index (χ1) is 7.81. The Balaban J connectivity index is 2.42. The Bertz CT molecular complexity index is 421. The van der Waals surface area contributed by atoms with E-state index in [9.17, 15) is 23.4 Å². The number of rotatable bonds is 2. The molecule has 0 aromatic carbocycles. The lowest BCUT2D eigenvalue weighted by Gasteiger charge is -2.44. The Morgan fingerprint density at radius 1 is 1.06 bits per heavy atom. The van der Waals surface area contributed by atoms with E-state index in [2.05, 4.69) is 0 Å². The summed E-state index contributed by atoms with van der Waals surface area (Å²) >= 11 is 0. The number of aliphatic hydroxyl groups is 1. The smallest absolute Gasteiger partial charge is 0.313 e. The van der Waals surface area contributed by atoms with Crippen LogP contribution >= 0.6 is 0 Å². The van der Waals surface area contributed by atoms with Gasteiger partial charge in [-0.2, -0.15) is 0 Å². The number of hydrogen-bond acceptors (Lipinski definition) is 4. The maximum absolute atomic E-state index is 11.7. The molecule has 1 atom stereocenters. The fraction of sp³-hybridized carbons (Fsp3) is 0.909. The van der Waals surface area contributed by atoms with Crippen molar-refractivity contribution in [2.75, 3.05) is 11.5 Å². The van der Waals surface area contributed by atoms with Gasteiger partial charge in [-0.15, -0.1) is 0 Å². The first-order valence-electron chi connectivity index (χ1n) is 5.98. The molecule has 1 aliphatic heterocycles. The summed E-state index contributed by atoms with van der Waals surface area (Å²) in [6, 6.07) is 0. The van der Waals surface area contributed by atoms with Gasteiger partial charge in [-0.25, -0.2) is 8.42 Å². The Morgan fingerprint density at radius 3 is 2.12 bits per heavy atom. The lowest BCUT2D eigenvalue weighted by Crippen LogP contribution is -2.57. The summed E-state index contributed by atoms with van der Waals surface area (Å²) in [5.41, 5.74) is -2.83. The zero-order valence-electron chi connectivity index (χ0n) is 9.68. The predicted octanol–water partition coefficient (Wildman–Crippen LogP) is 0.571. The number of carbonyl (C=O) groups is 1. The van der Waals surface area contributed by atoms with Crippen molar-refractivity contribution >= 4 is 15.8 Å². The summed E-state index contributed by atoms with van der Waals surface area (Å²) in [6.45, 7) is 0. The van der Waals surface area contributed by atoms with Crippen LogP contribution in [0.25, 0.3) is 0 Å². The van der Waals surface area contributed by atoms with E-state index in [1.165, 1.54) is 0 Å². The molecule has 1 saturated heterocycles. The molecule has 5 nitrogen and oxygen atoms in total. The van der Waals surface area contributed by atoms with E-state index < -0.39 is 32.6 Å². The summed E-state index contributed by atoms with van der Waals surface area (Å²) in [6.07, 6.45) is 2.93. The Morgan fingerprint density at radius 2 is 1.65 bits per heavy atom. The van der Waals surface area contributed by atoms with E-state index in [1.807, 2.05) is 0 Å². The summed E-state index contributed by atoms with van der Waals surface area (Å²) < 4.78 is 23.4. The number of aliphatic carboxylic acids is 1. The van der Waals surface area contributed by atoms with E-state index in [0.29, 0.717) is 19.3 Å². The van der Waals surface area contributed by atoms with Crippen molar-refractivity contribution in [3.05, 3.63) is 0 Å². The Labute approximate surface area is 101 Å². The molecule has 0 spiro atoms. The highest BCUT2D eigenvalue weighted by Crippen LogP contribution is 2.49. The first-order valence-corrected chi connectivity index (χ1v) is 7.80. The minimum Gasteiger partial charge on any atom is -0.481 e. The normalized spacial score (nSPS) is 35.6. The highest BCUT2D eigenvalue weighted by atomic mass is 32.2. The quantitative estimate of drug-likeness (QED) is 0.759. The second-order valence-corrected chi connectivity index (χ2v) is 7.51. The largest absolute Gasteiger partial charge is 0.481 e. The standard InChI is InChI=1S/C11H18O5S/c12-9(13)10(11(14)5-1-2-6-11)4-3-7-17(15,16)8-10/h14H,1-8H2,(H,12,13). The molecule has 98 valence electrons. The van der Waals surface area contributed by atoms with Crippen LogP contribution in [0.2, 0.25) is 0 Å². The molecule has 1 unspecified atom stereocenters. The molecule has 0 amide bonds. The topological polar surface area (TPSA) is 91.7 Å². The molecule has 1 aliphatic carbocycles. The average molecular weight is 262 g/mol. The van der Waals surface area contributed by atoms with Crippen molar-refractivity contribution in [3.63, 3.8) is 0 Å². The zero-order chi connectivity index (χ0) is 12.7. The SMILES string of the molecule is O=C(O)C1(C2(O)CCCC2)CCCS(=O)(=O)C1. The van der Waals surface area contributed by atoms with Gasteiger partial charge >= 0.3 is 5.97 Å². The van der Waals surface area contributed by atoms with Gasteiger partial charge in [0.15, 0.2) is 9.84 Å². The zero-order valence-corrected chi connectivity index (χ0v) is 10.5. The van der Waals surface area contributed by atoms with Crippen LogP contribution in [0, 0.1) is 5.41 Å². The van der Waals surface area contributed by atoms with E-state index in [4.69, 9.17) is 0 Å². The second kappa shape index (κ2) is 3.95. The number of carboxylic acids is 1. The van der Waals surface area contributed by atoms with Crippen molar-refractivity contribution in [1.29, 1.82) is 0 Å². The molecule has 1 saturated carbocycles. The molecule has 6 heteroatoms. The van der Waals surface area contributed by atoms with Gasteiger partial charge in [0.2, 0.25) is 0 Å². The van der Waals surface area contributed by atoms with Gasteiger partial charge in [0.05, 0.1) is 17.1 Å². The van der Waals surface area contributed by atoms with E-state index >= 15 is 0 Å². The molecule has 2 rings (SSSR count). The van der Waals surface area contributed by atoms with Crippen LogP contribution in [0.4, 0.5) is 0 Å². The van der Waals surface area contributed by atoms with Gasteiger partial charge in [0.1, 0.15) is 5.41 Å². The molecule has 0 bridgehead atoms. The third-order valence-corrected chi connectivity index (χ3v) is 6.10. The minimum atomic E-state index is -3.35. The monoisotopic (exact) mass is 262 g/mol. The maximum atomic E-state index is 11.7. The van der Waals surface area contributed by atoms with Crippen LogP contribution in [0.5, 0.6) is 0 Å². The van der Waals surface area contributed by atoms with Crippen LogP contribution in [-0.2, 0) is 14.6 Å². The number of carboxylic acid groups (broad SMARTS) is 1. The van der Waals surface area contributed by atoms with Crippen molar-refractivity contribution in [3.8, 4) is 0 Å². The first kappa shape index (κ1) is 12.8. The van der Waals surface area contributed by atoms with E-state index in [-0.39, 0.29) is 12.2 Å². The maximum Gasteiger partial charge on any atom is 0.313 e. The highest BCUT2D eigenvalue weighted by Gasteiger charge is 2.59. The molecule has 2 N–H and O–H groups in total. The number of sulfone groups is 1. The highest BCUT2D eigenvalue weighted by molar-refractivity contribution is 7.91. The fourth-order valence-electron chi connectivity index (χ4n) is 3.29. The molecule has 2 fully saturated rings. The molecule has 0 aromatic rings. The third kappa shape index (κ3) is 1.97. The van der Waals surface area contributed by atoms with Gasteiger partial charge in [-0.05, 0) is 25.7 Å². The lowest BCUT2D eigenvalue weighted by molar-refractivity contribution is -0.167. The van der Waals surface area contributed by atoms with E-state index in [1.54, 1.807) is 0 Å². The third-order valence-electron chi connectivity index (χ3n) is 4.26. The lowest BCUT2D eigenvalue weighted by atomic mass is 9.69. The van der Waals surface area contributed by atoms with Crippen LogP contribution in [0.15, 0.2) is 0 Å². The molecular weight excluding hydrogens is 244 g/mol. The van der Waals surface area contributed by atoms with E-state index in [0.717, 1.165) is 12.8 Å². The van der Waals surface area contributed by atoms with Gasteiger partial charge in [0.25, 0.3) is 0 Å². The molecule has 2 aliphatic rings. The van der Waals surface area contributed by atoms with Crippen molar-refractivity contribution < 1.29 is 23.4 Å². The predicted molar refractivity (Wildman–Crippen MR) is 61.4 cm³/mol. The molecule has 0 radical (unpaired) electrons. The summed E-state index contributed by atoms with van der Waals surface area (Å²) in [4.78, 5) is 11.5. The summed E-state index contributed by atoms with van der Waals surface area (Å²) in [5, 5.41) is 19.9. The molecular formula is C11H18O5S. The van der Waals surface area contributed by atoms with Crippen molar-refractivity contribution in [2.45, 2.75) is 44.1 Å².